The fourth-order valence-electron chi connectivity index (χ4n) is 4.54. The van der Waals surface area contributed by atoms with Crippen molar-refractivity contribution in [3.05, 3.63) is 71.8 Å². The van der Waals surface area contributed by atoms with Gasteiger partial charge in [0.1, 0.15) is 0 Å². The van der Waals surface area contributed by atoms with Crippen LogP contribution in [0.2, 0.25) is 0 Å². The van der Waals surface area contributed by atoms with Crippen molar-refractivity contribution in [3.8, 4) is 0 Å². The number of ether oxygens (including phenoxy) is 1. The summed E-state index contributed by atoms with van der Waals surface area (Å²) in [4.78, 5) is 53.8. The predicted octanol–water partition coefficient (Wildman–Crippen LogP) is 1.42. The smallest absolute Gasteiger partial charge is 0.289 e. The Morgan fingerprint density at radius 3 is 2.10 bits per heavy atom. The van der Waals surface area contributed by atoms with Gasteiger partial charge in [-0.1, -0.05) is 67.6 Å². The molecule has 1 aliphatic heterocycles. The third-order valence-corrected chi connectivity index (χ3v) is 8.13. The Morgan fingerprint density at radius 1 is 0.949 bits per heavy atom. The van der Waals surface area contributed by atoms with Crippen molar-refractivity contribution in [2.45, 2.75) is 37.6 Å². The van der Waals surface area contributed by atoms with Gasteiger partial charge in [-0.05, 0) is 17.5 Å². The van der Waals surface area contributed by atoms with Gasteiger partial charge in [-0.3, -0.25) is 19.2 Å². The van der Waals surface area contributed by atoms with Gasteiger partial charge in [0.25, 0.3) is 5.91 Å². The molecule has 0 bridgehead atoms. The standard InChI is InChI=1S/C28H35N3O7S/c1-3-23(25(33)28(35)29-19-20-10-6-4-7-11-20)30-27(34)22(18-24(32)31-14-16-38-17-15-31)26(39(2,36)37)21-12-8-5-9-13-21/h4-13,22-23,26H,3,14-19H2,1-2H3,(H,29,35)(H,30,34)/t22?,23?,26-/m1/s1. The molecule has 3 amide bonds. The Bertz CT molecular complexity index is 1250. The summed E-state index contributed by atoms with van der Waals surface area (Å²) in [5, 5.41) is 3.79. The molecule has 1 fully saturated rings. The summed E-state index contributed by atoms with van der Waals surface area (Å²) in [6.07, 6.45) is 0.731. The molecule has 1 saturated heterocycles. The van der Waals surface area contributed by atoms with Crippen molar-refractivity contribution < 1.29 is 32.3 Å². The van der Waals surface area contributed by atoms with Crippen LogP contribution < -0.4 is 10.6 Å². The summed E-state index contributed by atoms with van der Waals surface area (Å²) >= 11 is 0. The van der Waals surface area contributed by atoms with Gasteiger partial charge in [-0.25, -0.2) is 8.42 Å². The molecule has 2 aromatic carbocycles. The van der Waals surface area contributed by atoms with E-state index in [0.29, 0.717) is 31.9 Å². The molecular weight excluding hydrogens is 522 g/mol. The Balaban J connectivity index is 1.83. The van der Waals surface area contributed by atoms with E-state index in [-0.39, 0.29) is 25.3 Å². The van der Waals surface area contributed by atoms with Crippen LogP contribution >= 0.6 is 0 Å². The lowest BCUT2D eigenvalue weighted by Gasteiger charge is -2.31. The monoisotopic (exact) mass is 557 g/mol. The van der Waals surface area contributed by atoms with Gasteiger partial charge in [-0.2, -0.15) is 0 Å². The zero-order valence-corrected chi connectivity index (χ0v) is 23.0. The molecule has 11 heteroatoms. The molecule has 1 aliphatic rings. The Kier molecular flexibility index (Phi) is 10.8. The van der Waals surface area contributed by atoms with E-state index < -0.39 is 44.6 Å². The van der Waals surface area contributed by atoms with Gasteiger partial charge in [0.2, 0.25) is 17.6 Å². The predicted molar refractivity (Wildman–Crippen MR) is 145 cm³/mol. The number of carbonyl (C=O) groups is 4. The van der Waals surface area contributed by atoms with Crippen LogP contribution in [-0.2, 0) is 40.3 Å². The highest BCUT2D eigenvalue weighted by atomic mass is 32.2. The van der Waals surface area contributed by atoms with E-state index in [1.807, 2.05) is 18.2 Å². The normalized spacial score (nSPS) is 16.0. The number of nitrogens with zero attached hydrogens (tertiary/aromatic N) is 1. The minimum atomic E-state index is -3.88. The second-order valence-corrected chi connectivity index (χ2v) is 11.6. The second kappa shape index (κ2) is 14.0. The topological polar surface area (TPSA) is 139 Å². The molecule has 2 N–H and O–H groups in total. The molecule has 3 rings (SSSR count). The maximum absolute atomic E-state index is 13.6. The maximum Gasteiger partial charge on any atom is 0.289 e. The van der Waals surface area contributed by atoms with Crippen LogP contribution in [0.5, 0.6) is 0 Å². The number of carbonyl (C=O) groups excluding carboxylic acids is 4. The largest absolute Gasteiger partial charge is 0.378 e. The number of ketones is 1. The zero-order chi connectivity index (χ0) is 28.4. The SMILES string of the molecule is CCC(NC(=O)C(CC(=O)N1CCOCC1)[C@@H](c1ccccc1)S(C)(=O)=O)C(=O)C(=O)NCc1ccccc1. The number of morpholine rings is 1. The lowest BCUT2D eigenvalue weighted by molar-refractivity contribution is -0.142. The van der Waals surface area contributed by atoms with Crippen LogP contribution in [0.25, 0.3) is 0 Å². The first kappa shape index (κ1) is 30.0. The molecule has 0 radical (unpaired) electrons. The van der Waals surface area contributed by atoms with Crippen molar-refractivity contribution >= 4 is 33.3 Å². The van der Waals surface area contributed by atoms with Crippen molar-refractivity contribution in [2.75, 3.05) is 32.6 Å². The van der Waals surface area contributed by atoms with Gasteiger partial charge in [0, 0.05) is 32.3 Å². The van der Waals surface area contributed by atoms with E-state index >= 15 is 0 Å². The lowest BCUT2D eigenvalue weighted by Crippen LogP contribution is -2.51. The Morgan fingerprint density at radius 2 is 1.54 bits per heavy atom. The Labute approximate surface area is 229 Å². The molecule has 2 unspecified atom stereocenters. The fraction of sp³-hybridized carbons (Fsp3) is 0.429. The highest BCUT2D eigenvalue weighted by Crippen LogP contribution is 2.33. The van der Waals surface area contributed by atoms with Crippen molar-refractivity contribution in [3.63, 3.8) is 0 Å². The Hall–Kier alpha value is -3.57. The van der Waals surface area contributed by atoms with E-state index in [9.17, 15) is 27.6 Å². The van der Waals surface area contributed by atoms with E-state index in [1.54, 1.807) is 49.4 Å². The lowest BCUT2D eigenvalue weighted by atomic mass is 9.93. The first-order chi connectivity index (χ1) is 18.6. The first-order valence-electron chi connectivity index (χ1n) is 12.9. The molecule has 0 saturated carbocycles. The third-order valence-electron chi connectivity index (χ3n) is 6.61. The molecule has 210 valence electrons. The minimum absolute atomic E-state index is 0.0995. The maximum atomic E-state index is 13.6. The molecular formula is C28H35N3O7S. The van der Waals surface area contributed by atoms with Crippen LogP contribution in [0, 0.1) is 5.92 Å². The summed E-state index contributed by atoms with van der Waals surface area (Å²) in [6.45, 7) is 3.13. The molecule has 3 atom stereocenters. The summed E-state index contributed by atoms with van der Waals surface area (Å²) in [6, 6.07) is 16.1. The molecule has 1 heterocycles. The van der Waals surface area contributed by atoms with Crippen molar-refractivity contribution in [2.24, 2.45) is 5.92 Å². The van der Waals surface area contributed by atoms with Crippen LogP contribution in [0.4, 0.5) is 0 Å². The molecule has 0 aromatic heterocycles. The van der Waals surface area contributed by atoms with Crippen molar-refractivity contribution in [1.82, 2.24) is 15.5 Å². The highest BCUT2D eigenvalue weighted by Gasteiger charge is 2.40. The van der Waals surface area contributed by atoms with Crippen LogP contribution in [0.15, 0.2) is 60.7 Å². The van der Waals surface area contributed by atoms with Crippen LogP contribution in [-0.4, -0.2) is 75.4 Å². The molecule has 39 heavy (non-hydrogen) atoms. The number of hydrogen-bond acceptors (Lipinski definition) is 7. The number of Topliss-reactive ketones (excluding diaryl/α,β-unsaturated/α-hetero) is 1. The van der Waals surface area contributed by atoms with Gasteiger partial charge < -0.3 is 20.3 Å². The van der Waals surface area contributed by atoms with Gasteiger partial charge >= 0.3 is 0 Å². The fourth-order valence-corrected chi connectivity index (χ4v) is 6.01. The van der Waals surface area contributed by atoms with Crippen molar-refractivity contribution in [1.29, 1.82) is 0 Å². The zero-order valence-electron chi connectivity index (χ0n) is 22.2. The molecule has 10 nitrogen and oxygen atoms in total. The summed E-state index contributed by atoms with van der Waals surface area (Å²) in [5.74, 6) is -4.22. The third kappa shape index (κ3) is 8.46. The second-order valence-electron chi connectivity index (χ2n) is 9.47. The van der Waals surface area contributed by atoms with Gasteiger partial charge in [0.15, 0.2) is 9.84 Å². The van der Waals surface area contributed by atoms with Gasteiger partial charge in [0.05, 0.1) is 30.4 Å². The van der Waals surface area contributed by atoms with E-state index in [0.717, 1.165) is 11.8 Å². The van der Waals surface area contributed by atoms with Crippen LogP contribution in [0.3, 0.4) is 0 Å². The molecule has 2 aromatic rings. The summed E-state index contributed by atoms with van der Waals surface area (Å²) < 4.78 is 31.3. The average Bonchev–Trinajstić information content (AvgIpc) is 2.94. The van der Waals surface area contributed by atoms with Gasteiger partial charge in [-0.15, -0.1) is 0 Å². The number of rotatable bonds is 12. The highest BCUT2D eigenvalue weighted by molar-refractivity contribution is 7.91. The van der Waals surface area contributed by atoms with E-state index in [2.05, 4.69) is 10.6 Å². The summed E-state index contributed by atoms with van der Waals surface area (Å²) in [7, 11) is -3.88. The molecule has 0 spiro atoms. The summed E-state index contributed by atoms with van der Waals surface area (Å²) in [5.41, 5.74) is 1.16. The number of hydrogen-bond donors (Lipinski definition) is 2. The minimum Gasteiger partial charge on any atom is -0.378 e. The van der Waals surface area contributed by atoms with E-state index in [1.165, 1.54) is 4.90 Å². The van der Waals surface area contributed by atoms with Crippen LogP contribution in [0.1, 0.15) is 36.1 Å². The van der Waals surface area contributed by atoms with E-state index in [4.69, 9.17) is 4.74 Å². The number of sulfone groups is 1. The number of amides is 3. The average molecular weight is 558 g/mol. The number of benzene rings is 2. The molecule has 0 aliphatic carbocycles. The quantitative estimate of drug-likeness (QED) is 0.376. The first-order valence-corrected chi connectivity index (χ1v) is 14.8. The number of nitrogens with one attached hydrogen (secondary N) is 2.